The van der Waals surface area contributed by atoms with Crippen LogP contribution >= 0.6 is 0 Å². The zero-order valence-electron chi connectivity index (χ0n) is 10.5. The molecule has 0 aliphatic heterocycles. The lowest BCUT2D eigenvalue weighted by atomic mass is 10.2. The lowest BCUT2D eigenvalue weighted by molar-refractivity contribution is -0.141. The summed E-state index contributed by atoms with van der Waals surface area (Å²) < 4.78 is 9.78. The van der Waals surface area contributed by atoms with Gasteiger partial charge in [0.05, 0.1) is 13.5 Å². The van der Waals surface area contributed by atoms with Gasteiger partial charge in [-0.25, -0.2) is 0 Å². The molecule has 1 atom stereocenters. The molecule has 0 aliphatic carbocycles. The molecule has 0 bridgehead atoms. The number of nitrogens with one attached hydrogen (secondary N) is 1. The van der Waals surface area contributed by atoms with E-state index in [1.165, 1.54) is 7.11 Å². The molecule has 1 aromatic carbocycles. The van der Waals surface area contributed by atoms with Gasteiger partial charge in [0.2, 0.25) is 0 Å². The highest BCUT2D eigenvalue weighted by atomic mass is 16.5. The summed E-state index contributed by atoms with van der Waals surface area (Å²) in [5, 5.41) is 2.65. The van der Waals surface area contributed by atoms with Crippen molar-refractivity contribution in [3.63, 3.8) is 0 Å². The molecule has 0 fully saturated rings. The summed E-state index contributed by atoms with van der Waals surface area (Å²) in [6.07, 6.45) is 0.146. The molecule has 0 heterocycles. The van der Waals surface area contributed by atoms with E-state index in [0.29, 0.717) is 5.75 Å². The Balaban J connectivity index is 2.27. The van der Waals surface area contributed by atoms with Gasteiger partial charge in [-0.15, -0.1) is 0 Å². The number of carbonyl (C=O) groups excluding carboxylic acids is 2. The summed E-state index contributed by atoms with van der Waals surface area (Å²) in [4.78, 5) is 22.5. The van der Waals surface area contributed by atoms with Crippen molar-refractivity contribution < 1.29 is 19.1 Å². The van der Waals surface area contributed by atoms with Crippen LogP contribution < -0.4 is 10.1 Å². The number of amides is 1. The molecule has 1 N–H and O–H groups in total. The molecular weight excluding hydrogens is 234 g/mol. The molecule has 1 unspecified atom stereocenters. The fourth-order valence-corrected chi connectivity index (χ4v) is 1.37. The Morgan fingerprint density at radius 3 is 2.56 bits per heavy atom. The van der Waals surface area contributed by atoms with Crippen LogP contribution in [0.2, 0.25) is 0 Å². The predicted molar refractivity (Wildman–Crippen MR) is 66.2 cm³/mol. The number of hydrogen-bond acceptors (Lipinski definition) is 4. The van der Waals surface area contributed by atoms with Crippen molar-refractivity contribution in [1.82, 2.24) is 5.32 Å². The number of rotatable bonds is 6. The van der Waals surface area contributed by atoms with E-state index < -0.39 is 0 Å². The van der Waals surface area contributed by atoms with Gasteiger partial charge in [0, 0.05) is 6.04 Å². The third-order valence-electron chi connectivity index (χ3n) is 2.22. The summed E-state index contributed by atoms with van der Waals surface area (Å²) >= 11 is 0. The topological polar surface area (TPSA) is 64.6 Å². The van der Waals surface area contributed by atoms with Crippen LogP contribution in [0.4, 0.5) is 0 Å². The third kappa shape index (κ3) is 5.34. The molecule has 0 aliphatic rings. The molecule has 98 valence electrons. The SMILES string of the molecule is COC(=O)CC(C)NC(=O)COc1ccccc1. The zero-order valence-corrected chi connectivity index (χ0v) is 10.5. The first kappa shape index (κ1) is 14.0. The highest BCUT2D eigenvalue weighted by Crippen LogP contribution is 2.07. The van der Waals surface area contributed by atoms with Gasteiger partial charge >= 0.3 is 5.97 Å². The molecule has 1 amide bonds. The Labute approximate surface area is 106 Å². The number of carbonyl (C=O) groups is 2. The monoisotopic (exact) mass is 251 g/mol. The minimum atomic E-state index is -0.355. The van der Waals surface area contributed by atoms with E-state index >= 15 is 0 Å². The molecule has 0 saturated carbocycles. The first-order valence-corrected chi connectivity index (χ1v) is 5.66. The summed E-state index contributed by atoms with van der Waals surface area (Å²) in [5.41, 5.74) is 0. The van der Waals surface area contributed by atoms with Crippen molar-refractivity contribution in [2.45, 2.75) is 19.4 Å². The maximum Gasteiger partial charge on any atom is 0.307 e. The molecule has 1 aromatic rings. The molecule has 1 rings (SSSR count). The number of ether oxygens (including phenoxy) is 2. The lowest BCUT2D eigenvalue weighted by Gasteiger charge is -2.13. The Bertz CT molecular complexity index is 391. The average Bonchev–Trinajstić information content (AvgIpc) is 2.37. The number of esters is 1. The first-order chi connectivity index (χ1) is 8.61. The molecule has 0 spiro atoms. The number of methoxy groups -OCH3 is 1. The number of hydrogen-bond donors (Lipinski definition) is 1. The highest BCUT2D eigenvalue weighted by molar-refractivity contribution is 5.79. The summed E-state index contributed by atoms with van der Waals surface area (Å²) in [6.45, 7) is 1.66. The Hall–Kier alpha value is -2.04. The summed E-state index contributed by atoms with van der Waals surface area (Å²) in [5.74, 6) is 0.00954. The summed E-state index contributed by atoms with van der Waals surface area (Å²) in [7, 11) is 1.31. The molecule has 5 heteroatoms. The Kier molecular flexibility index (Phi) is 5.70. The van der Waals surface area contributed by atoms with Crippen molar-refractivity contribution >= 4 is 11.9 Å². The van der Waals surface area contributed by atoms with E-state index in [2.05, 4.69) is 10.1 Å². The second-order valence-electron chi connectivity index (χ2n) is 3.85. The lowest BCUT2D eigenvalue weighted by Crippen LogP contribution is -2.37. The minimum Gasteiger partial charge on any atom is -0.484 e. The molecule has 0 aromatic heterocycles. The zero-order chi connectivity index (χ0) is 13.4. The quantitative estimate of drug-likeness (QED) is 0.770. The van der Waals surface area contributed by atoms with Crippen molar-refractivity contribution in [3.8, 4) is 5.75 Å². The molecule has 0 radical (unpaired) electrons. The van der Waals surface area contributed by atoms with Crippen molar-refractivity contribution in [3.05, 3.63) is 30.3 Å². The van der Waals surface area contributed by atoms with Crippen LogP contribution in [0.1, 0.15) is 13.3 Å². The molecule has 5 nitrogen and oxygen atoms in total. The summed E-state index contributed by atoms with van der Waals surface area (Å²) in [6, 6.07) is 8.78. The van der Waals surface area contributed by atoms with Crippen LogP contribution in [0.5, 0.6) is 5.75 Å². The van der Waals surface area contributed by atoms with E-state index in [4.69, 9.17) is 4.74 Å². The number of benzene rings is 1. The number of para-hydroxylation sites is 1. The van der Waals surface area contributed by atoms with Crippen molar-refractivity contribution in [1.29, 1.82) is 0 Å². The Morgan fingerprint density at radius 1 is 1.28 bits per heavy atom. The van der Waals surface area contributed by atoms with Crippen LogP contribution in [0.3, 0.4) is 0 Å². The molecule has 0 saturated heterocycles. The Morgan fingerprint density at radius 2 is 1.94 bits per heavy atom. The van der Waals surface area contributed by atoms with Gasteiger partial charge in [0.1, 0.15) is 5.75 Å². The van der Waals surface area contributed by atoms with Crippen LogP contribution in [-0.2, 0) is 14.3 Å². The predicted octanol–water partition coefficient (Wildman–Crippen LogP) is 1.13. The van der Waals surface area contributed by atoms with Gasteiger partial charge in [-0.1, -0.05) is 18.2 Å². The van der Waals surface area contributed by atoms with Crippen LogP contribution in [0.25, 0.3) is 0 Å². The smallest absolute Gasteiger partial charge is 0.307 e. The maximum absolute atomic E-state index is 11.5. The van der Waals surface area contributed by atoms with Crippen molar-refractivity contribution in [2.75, 3.05) is 13.7 Å². The largest absolute Gasteiger partial charge is 0.484 e. The van der Waals surface area contributed by atoms with E-state index in [1.54, 1.807) is 19.1 Å². The van der Waals surface area contributed by atoms with Gasteiger partial charge < -0.3 is 14.8 Å². The minimum absolute atomic E-state index is 0.0739. The first-order valence-electron chi connectivity index (χ1n) is 5.66. The third-order valence-corrected chi connectivity index (χ3v) is 2.22. The van der Waals surface area contributed by atoms with E-state index in [1.807, 2.05) is 18.2 Å². The van der Waals surface area contributed by atoms with Crippen LogP contribution in [-0.4, -0.2) is 31.6 Å². The van der Waals surface area contributed by atoms with Crippen molar-refractivity contribution in [2.24, 2.45) is 0 Å². The van der Waals surface area contributed by atoms with Gasteiger partial charge in [-0.3, -0.25) is 9.59 Å². The maximum atomic E-state index is 11.5. The second-order valence-corrected chi connectivity index (χ2v) is 3.85. The van der Waals surface area contributed by atoms with Gasteiger partial charge in [-0.05, 0) is 19.1 Å². The fourth-order valence-electron chi connectivity index (χ4n) is 1.37. The van der Waals surface area contributed by atoms with Gasteiger partial charge in [0.15, 0.2) is 6.61 Å². The average molecular weight is 251 g/mol. The molecular formula is C13H17NO4. The van der Waals surface area contributed by atoms with Gasteiger partial charge in [-0.2, -0.15) is 0 Å². The van der Waals surface area contributed by atoms with Crippen LogP contribution in [0, 0.1) is 0 Å². The fraction of sp³-hybridized carbons (Fsp3) is 0.385. The van der Waals surface area contributed by atoms with Crippen LogP contribution in [0.15, 0.2) is 30.3 Å². The van der Waals surface area contributed by atoms with E-state index in [9.17, 15) is 9.59 Å². The molecule has 18 heavy (non-hydrogen) atoms. The van der Waals surface area contributed by atoms with E-state index in [0.717, 1.165) is 0 Å². The standard InChI is InChI=1S/C13H17NO4/c1-10(8-13(16)17-2)14-12(15)9-18-11-6-4-3-5-7-11/h3-7,10H,8-9H2,1-2H3,(H,14,15). The highest BCUT2D eigenvalue weighted by Gasteiger charge is 2.12. The second kappa shape index (κ2) is 7.32. The van der Waals surface area contributed by atoms with E-state index in [-0.39, 0.29) is 30.9 Å². The van der Waals surface area contributed by atoms with Gasteiger partial charge in [0.25, 0.3) is 5.91 Å². The normalized spacial score (nSPS) is 11.4.